The van der Waals surface area contributed by atoms with Crippen LogP contribution in [0.15, 0.2) is 30.9 Å². The van der Waals surface area contributed by atoms with Gasteiger partial charge >= 0.3 is 0 Å². The van der Waals surface area contributed by atoms with Gasteiger partial charge in [-0.2, -0.15) is 5.10 Å². The van der Waals surface area contributed by atoms with Crippen LogP contribution in [0, 0.1) is 0 Å². The molecule has 0 fully saturated rings. The van der Waals surface area contributed by atoms with Crippen LogP contribution in [0.25, 0.3) is 5.69 Å². The molecular formula is C13H17ClN4O. The Balaban J connectivity index is 2.23. The first-order chi connectivity index (χ1) is 9.22. The Morgan fingerprint density at radius 1 is 1.47 bits per heavy atom. The van der Waals surface area contributed by atoms with Gasteiger partial charge in [0.15, 0.2) is 0 Å². The summed E-state index contributed by atoms with van der Waals surface area (Å²) in [4.78, 5) is 3.95. The molecule has 2 aromatic rings. The first kappa shape index (κ1) is 13.8. The maximum absolute atomic E-state index is 6.26. The molecule has 0 amide bonds. The van der Waals surface area contributed by atoms with Crippen molar-refractivity contribution in [2.45, 2.75) is 19.4 Å². The molecular weight excluding hydrogens is 264 g/mol. The third-order valence-electron chi connectivity index (χ3n) is 2.79. The number of methoxy groups -OCH3 is 1. The third-order valence-corrected chi connectivity index (χ3v) is 3.10. The van der Waals surface area contributed by atoms with E-state index in [9.17, 15) is 0 Å². The average molecular weight is 281 g/mol. The molecule has 0 aliphatic carbocycles. The minimum Gasteiger partial charge on any atom is -0.385 e. The van der Waals surface area contributed by atoms with E-state index < -0.39 is 0 Å². The van der Waals surface area contributed by atoms with Crippen molar-refractivity contribution in [1.29, 1.82) is 0 Å². The second-order valence-electron chi connectivity index (χ2n) is 4.30. The molecule has 0 aliphatic heterocycles. The summed E-state index contributed by atoms with van der Waals surface area (Å²) in [7, 11) is 1.70. The first-order valence-corrected chi connectivity index (χ1v) is 6.49. The van der Waals surface area contributed by atoms with Crippen LogP contribution in [0.5, 0.6) is 0 Å². The number of anilines is 1. The van der Waals surface area contributed by atoms with E-state index in [1.165, 1.54) is 6.33 Å². The molecule has 1 aromatic carbocycles. The summed E-state index contributed by atoms with van der Waals surface area (Å²) in [5.41, 5.74) is 1.74. The fourth-order valence-electron chi connectivity index (χ4n) is 1.82. The maximum Gasteiger partial charge on any atom is 0.138 e. The van der Waals surface area contributed by atoms with Gasteiger partial charge in [-0.15, -0.1) is 0 Å². The lowest BCUT2D eigenvalue weighted by Gasteiger charge is -2.18. The lowest BCUT2D eigenvalue weighted by Crippen LogP contribution is -2.18. The Labute approximate surface area is 117 Å². The van der Waals surface area contributed by atoms with Crippen molar-refractivity contribution >= 4 is 17.3 Å². The Morgan fingerprint density at radius 3 is 3.00 bits per heavy atom. The Morgan fingerprint density at radius 2 is 2.32 bits per heavy atom. The maximum atomic E-state index is 6.26. The molecule has 0 radical (unpaired) electrons. The van der Waals surface area contributed by atoms with Gasteiger partial charge in [0.25, 0.3) is 0 Å². The molecule has 0 saturated carbocycles. The average Bonchev–Trinajstić information content (AvgIpc) is 2.90. The monoisotopic (exact) mass is 280 g/mol. The van der Waals surface area contributed by atoms with Crippen molar-refractivity contribution in [2.24, 2.45) is 0 Å². The topological polar surface area (TPSA) is 52.0 Å². The molecule has 102 valence electrons. The van der Waals surface area contributed by atoms with Gasteiger partial charge in [-0.25, -0.2) is 9.67 Å². The number of halogens is 1. The predicted molar refractivity (Wildman–Crippen MR) is 75.9 cm³/mol. The second kappa shape index (κ2) is 6.54. The van der Waals surface area contributed by atoms with Crippen LogP contribution in [0.4, 0.5) is 5.69 Å². The number of para-hydroxylation sites is 1. The highest BCUT2D eigenvalue weighted by Gasteiger charge is 2.11. The van der Waals surface area contributed by atoms with Crippen molar-refractivity contribution in [3.8, 4) is 5.69 Å². The largest absolute Gasteiger partial charge is 0.385 e. The zero-order valence-electron chi connectivity index (χ0n) is 11.0. The number of aromatic nitrogens is 3. The molecule has 1 unspecified atom stereocenters. The quantitative estimate of drug-likeness (QED) is 0.884. The number of benzene rings is 1. The van der Waals surface area contributed by atoms with E-state index in [1.807, 2.05) is 18.2 Å². The lowest BCUT2D eigenvalue weighted by molar-refractivity contribution is 0.191. The molecule has 6 heteroatoms. The van der Waals surface area contributed by atoms with Crippen molar-refractivity contribution < 1.29 is 4.74 Å². The lowest BCUT2D eigenvalue weighted by atomic mass is 10.2. The number of hydrogen-bond acceptors (Lipinski definition) is 4. The molecule has 19 heavy (non-hydrogen) atoms. The van der Waals surface area contributed by atoms with Crippen LogP contribution >= 0.6 is 11.6 Å². The number of nitrogens with one attached hydrogen (secondary N) is 1. The van der Waals surface area contributed by atoms with Crippen molar-refractivity contribution in [1.82, 2.24) is 14.8 Å². The van der Waals surface area contributed by atoms with Crippen LogP contribution in [0.2, 0.25) is 5.02 Å². The summed E-state index contributed by atoms with van der Waals surface area (Å²) in [6, 6.07) is 6.00. The summed E-state index contributed by atoms with van der Waals surface area (Å²) in [6.45, 7) is 2.82. The van der Waals surface area contributed by atoms with E-state index >= 15 is 0 Å². The molecule has 1 heterocycles. The van der Waals surface area contributed by atoms with Gasteiger partial charge in [-0.1, -0.05) is 17.7 Å². The highest BCUT2D eigenvalue weighted by atomic mass is 35.5. The van der Waals surface area contributed by atoms with Crippen LogP contribution in [0.1, 0.15) is 13.3 Å². The van der Waals surface area contributed by atoms with Gasteiger partial charge in [-0.05, 0) is 25.5 Å². The van der Waals surface area contributed by atoms with E-state index in [-0.39, 0.29) is 6.04 Å². The van der Waals surface area contributed by atoms with E-state index in [1.54, 1.807) is 18.1 Å². The number of ether oxygens (including phenoxy) is 1. The van der Waals surface area contributed by atoms with E-state index in [4.69, 9.17) is 16.3 Å². The number of hydrogen-bond donors (Lipinski definition) is 1. The number of nitrogens with zero attached hydrogens (tertiary/aromatic N) is 3. The molecule has 1 aromatic heterocycles. The molecule has 1 atom stereocenters. The molecule has 1 N–H and O–H groups in total. The van der Waals surface area contributed by atoms with Crippen LogP contribution in [0.3, 0.4) is 0 Å². The van der Waals surface area contributed by atoms with Crippen LogP contribution < -0.4 is 5.32 Å². The molecule has 5 nitrogen and oxygen atoms in total. The van der Waals surface area contributed by atoms with Crippen molar-refractivity contribution in [3.05, 3.63) is 35.9 Å². The van der Waals surface area contributed by atoms with Gasteiger partial charge in [0.05, 0.1) is 10.7 Å². The molecule has 0 saturated heterocycles. The zero-order chi connectivity index (χ0) is 13.7. The highest BCUT2D eigenvalue weighted by Crippen LogP contribution is 2.28. The van der Waals surface area contributed by atoms with E-state index in [0.29, 0.717) is 11.6 Å². The smallest absolute Gasteiger partial charge is 0.138 e. The molecule has 0 bridgehead atoms. The van der Waals surface area contributed by atoms with Gasteiger partial charge in [0, 0.05) is 19.8 Å². The van der Waals surface area contributed by atoms with Gasteiger partial charge in [0.2, 0.25) is 0 Å². The highest BCUT2D eigenvalue weighted by molar-refractivity contribution is 6.33. The summed E-state index contributed by atoms with van der Waals surface area (Å²) in [5.74, 6) is 0. The summed E-state index contributed by atoms with van der Waals surface area (Å²) in [5, 5.41) is 8.19. The molecule has 0 spiro atoms. The van der Waals surface area contributed by atoms with E-state index in [0.717, 1.165) is 17.8 Å². The van der Waals surface area contributed by atoms with Gasteiger partial charge in [-0.3, -0.25) is 0 Å². The first-order valence-electron chi connectivity index (χ1n) is 6.11. The SMILES string of the molecule is COCCC(C)Nc1cccc(Cl)c1-n1cncn1. The Hall–Kier alpha value is -1.59. The van der Waals surface area contributed by atoms with E-state index in [2.05, 4.69) is 22.3 Å². The Bertz CT molecular complexity index is 515. The standard InChI is InChI=1S/C13H17ClN4O/c1-10(6-7-19-2)17-12-5-3-4-11(14)13(12)18-9-15-8-16-18/h3-5,8-10,17H,6-7H2,1-2H3. The fraction of sp³-hybridized carbons (Fsp3) is 0.385. The second-order valence-corrected chi connectivity index (χ2v) is 4.71. The molecule has 0 aliphatic rings. The summed E-state index contributed by atoms with van der Waals surface area (Å²) < 4.78 is 6.74. The fourth-order valence-corrected chi connectivity index (χ4v) is 2.08. The van der Waals surface area contributed by atoms with Crippen molar-refractivity contribution in [2.75, 3.05) is 19.0 Å². The normalized spacial score (nSPS) is 12.4. The summed E-state index contributed by atoms with van der Waals surface area (Å²) >= 11 is 6.26. The third kappa shape index (κ3) is 3.45. The Kier molecular flexibility index (Phi) is 4.76. The predicted octanol–water partition coefficient (Wildman–Crippen LogP) is 2.76. The minimum absolute atomic E-state index is 0.278. The van der Waals surface area contributed by atoms with Gasteiger partial charge < -0.3 is 10.1 Å². The van der Waals surface area contributed by atoms with Crippen LogP contribution in [-0.2, 0) is 4.74 Å². The van der Waals surface area contributed by atoms with Crippen molar-refractivity contribution in [3.63, 3.8) is 0 Å². The summed E-state index contributed by atoms with van der Waals surface area (Å²) in [6.07, 6.45) is 4.04. The minimum atomic E-state index is 0.278. The van der Waals surface area contributed by atoms with Crippen LogP contribution in [-0.4, -0.2) is 34.5 Å². The number of rotatable bonds is 6. The zero-order valence-corrected chi connectivity index (χ0v) is 11.8. The van der Waals surface area contributed by atoms with Gasteiger partial charge in [0.1, 0.15) is 18.3 Å². The molecule has 2 rings (SSSR count).